The monoisotopic (exact) mass is 164 g/mol. The molecular weight excluding hydrogens is 156 g/mol. The van der Waals surface area contributed by atoms with Gasteiger partial charge in [-0.2, -0.15) is 5.26 Å². The summed E-state index contributed by atoms with van der Waals surface area (Å²) in [5.41, 5.74) is 2.62. The highest BCUT2D eigenvalue weighted by atomic mass is 16.5. The Morgan fingerprint density at radius 1 is 1.75 bits per heavy atom. The van der Waals surface area contributed by atoms with Gasteiger partial charge in [0.15, 0.2) is 5.82 Å². The van der Waals surface area contributed by atoms with Crippen molar-refractivity contribution in [3.63, 3.8) is 0 Å². The first-order valence-corrected chi connectivity index (χ1v) is 3.23. The van der Waals surface area contributed by atoms with Crippen molar-refractivity contribution in [2.75, 3.05) is 12.5 Å². The highest BCUT2D eigenvalue weighted by Crippen LogP contribution is 2.21. The van der Waals surface area contributed by atoms with Gasteiger partial charge in [0, 0.05) is 6.20 Å². The van der Waals surface area contributed by atoms with E-state index in [2.05, 4.69) is 10.4 Å². The van der Waals surface area contributed by atoms with E-state index >= 15 is 0 Å². The summed E-state index contributed by atoms with van der Waals surface area (Å²) in [4.78, 5) is 3.84. The predicted molar refractivity (Wildman–Crippen MR) is 43.3 cm³/mol. The van der Waals surface area contributed by atoms with Gasteiger partial charge in [0.1, 0.15) is 17.4 Å². The number of rotatable bonds is 2. The van der Waals surface area contributed by atoms with E-state index in [-0.39, 0.29) is 0 Å². The number of anilines is 1. The topological polar surface area (TPSA) is 84.0 Å². The lowest BCUT2D eigenvalue weighted by Gasteiger charge is -2.05. The lowest BCUT2D eigenvalue weighted by Crippen LogP contribution is -2.10. The minimum absolute atomic E-state index is 0.308. The van der Waals surface area contributed by atoms with Crippen molar-refractivity contribution in [2.45, 2.75) is 0 Å². The van der Waals surface area contributed by atoms with Crippen LogP contribution in [0.1, 0.15) is 5.56 Å². The first-order valence-electron chi connectivity index (χ1n) is 3.23. The van der Waals surface area contributed by atoms with E-state index in [1.807, 2.05) is 6.07 Å². The van der Waals surface area contributed by atoms with Crippen LogP contribution < -0.4 is 16.0 Å². The van der Waals surface area contributed by atoms with Gasteiger partial charge in [-0.15, -0.1) is 0 Å². The van der Waals surface area contributed by atoms with Crippen molar-refractivity contribution in [1.82, 2.24) is 4.98 Å². The van der Waals surface area contributed by atoms with E-state index in [1.54, 1.807) is 6.07 Å². The van der Waals surface area contributed by atoms with Gasteiger partial charge in [-0.05, 0) is 6.07 Å². The van der Waals surface area contributed by atoms with Crippen molar-refractivity contribution in [1.29, 1.82) is 5.26 Å². The average molecular weight is 164 g/mol. The SMILES string of the molecule is COc1ccnc(NN)c1C#N. The second kappa shape index (κ2) is 3.55. The molecule has 0 aliphatic carbocycles. The molecule has 1 aromatic heterocycles. The first-order chi connectivity index (χ1) is 5.83. The fourth-order valence-corrected chi connectivity index (χ4v) is 0.832. The summed E-state index contributed by atoms with van der Waals surface area (Å²) < 4.78 is 4.92. The van der Waals surface area contributed by atoms with Crippen LogP contribution in [0.25, 0.3) is 0 Å². The third-order valence-corrected chi connectivity index (χ3v) is 1.38. The number of nitriles is 1. The standard InChI is InChI=1S/C7H8N4O/c1-12-6-2-3-10-7(11-9)5(6)4-8/h2-3H,9H2,1H3,(H,10,11). The number of ether oxygens (including phenoxy) is 1. The second-order valence-electron chi connectivity index (χ2n) is 1.99. The molecule has 0 saturated heterocycles. The molecular formula is C7H8N4O. The van der Waals surface area contributed by atoms with Crippen LogP contribution in [-0.2, 0) is 0 Å². The summed E-state index contributed by atoms with van der Waals surface area (Å²) >= 11 is 0. The first kappa shape index (κ1) is 8.30. The van der Waals surface area contributed by atoms with Crippen LogP contribution in [0.4, 0.5) is 5.82 Å². The molecule has 0 aliphatic rings. The van der Waals surface area contributed by atoms with E-state index < -0.39 is 0 Å². The highest BCUT2D eigenvalue weighted by Gasteiger charge is 2.07. The van der Waals surface area contributed by atoms with E-state index in [0.717, 1.165) is 0 Å². The Labute approximate surface area is 69.7 Å². The maximum absolute atomic E-state index is 8.70. The van der Waals surface area contributed by atoms with Crippen molar-refractivity contribution in [3.8, 4) is 11.8 Å². The minimum atomic E-state index is 0.308. The second-order valence-corrected chi connectivity index (χ2v) is 1.99. The van der Waals surface area contributed by atoms with Crippen LogP contribution in [0.2, 0.25) is 0 Å². The Hall–Kier alpha value is -1.80. The normalized spacial score (nSPS) is 8.75. The zero-order valence-electron chi connectivity index (χ0n) is 6.53. The zero-order chi connectivity index (χ0) is 8.97. The Morgan fingerprint density at radius 2 is 2.50 bits per heavy atom. The smallest absolute Gasteiger partial charge is 0.161 e. The molecule has 3 N–H and O–H groups in total. The van der Waals surface area contributed by atoms with Crippen molar-refractivity contribution >= 4 is 5.82 Å². The number of pyridine rings is 1. The number of nitrogens with one attached hydrogen (secondary N) is 1. The van der Waals surface area contributed by atoms with Crippen LogP contribution in [0.5, 0.6) is 5.75 Å². The molecule has 0 atom stereocenters. The molecule has 0 bridgehead atoms. The van der Waals surface area contributed by atoms with Gasteiger partial charge in [0.2, 0.25) is 0 Å². The lowest BCUT2D eigenvalue weighted by molar-refractivity contribution is 0.413. The molecule has 0 aliphatic heterocycles. The molecule has 1 aromatic rings. The van der Waals surface area contributed by atoms with Crippen LogP contribution >= 0.6 is 0 Å². The molecule has 0 fully saturated rings. The molecule has 62 valence electrons. The van der Waals surface area contributed by atoms with Crippen LogP contribution in [0, 0.1) is 11.3 Å². The molecule has 0 spiro atoms. The molecule has 0 amide bonds. The van der Waals surface area contributed by atoms with E-state index in [0.29, 0.717) is 17.1 Å². The van der Waals surface area contributed by atoms with E-state index in [1.165, 1.54) is 13.3 Å². The summed E-state index contributed by atoms with van der Waals surface area (Å²) in [6, 6.07) is 3.53. The number of hydrogen-bond donors (Lipinski definition) is 2. The number of hydrogen-bond acceptors (Lipinski definition) is 5. The maximum Gasteiger partial charge on any atom is 0.161 e. The predicted octanol–water partition coefficient (Wildman–Crippen LogP) is 0.247. The molecule has 12 heavy (non-hydrogen) atoms. The number of hydrazine groups is 1. The largest absolute Gasteiger partial charge is 0.495 e. The van der Waals surface area contributed by atoms with Gasteiger partial charge in [-0.3, -0.25) is 0 Å². The molecule has 0 unspecified atom stereocenters. The van der Waals surface area contributed by atoms with Crippen LogP contribution in [0.15, 0.2) is 12.3 Å². The number of methoxy groups -OCH3 is 1. The van der Waals surface area contributed by atoms with Gasteiger partial charge >= 0.3 is 0 Å². The minimum Gasteiger partial charge on any atom is -0.495 e. The quantitative estimate of drug-likeness (QED) is 0.483. The molecule has 0 aromatic carbocycles. The van der Waals surface area contributed by atoms with Gasteiger partial charge in [0.05, 0.1) is 7.11 Å². The third-order valence-electron chi connectivity index (χ3n) is 1.38. The highest BCUT2D eigenvalue weighted by molar-refractivity contribution is 5.58. The maximum atomic E-state index is 8.70. The summed E-state index contributed by atoms with van der Waals surface area (Å²) in [6.07, 6.45) is 1.51. The summed E-state index contributed by atoms with van der Waals surface area (Å²) in [6.45, 7) is 0. The number of nitrogen functional groups attached to an aromatic ring is 1. The van der Waals surface area contributed by atoms with Gasteiger partial charge < -0.3 is 10.2 Å². The molecule has 1 rings (SSSR count). The van der Waals surface area contributed by atoms with Crippen molar-refractivity contribution < 1.29 is 4.74 Å². The molecule has 0 saturated carbocycles. The average Bonchev–Trinajstić information content (AvgIpc) is 2.16. The Balaban J connectivity index is 3.25. The van der Waals surface area contributed by atoms with Crippen LogP contribution in [-0.4, -0.2) is 12.1 Å². The third kappa shape index (κ3) is 1.28. The fourth-order valence-electron chi connectivity index (χ4n) is 0.832. The van der Waals surface area contributed by atoms with Crippen LogP contribution in [0.3, 0.4) is 0 Å². The fraction of sp³-hybridized carbons (Fsp3) is 0.143. The molecule has 1 heterocycles. The lowest BCUT2D eigenvalue weighted by atomic mass is 10.2. The number of nitrogens with zero attached hydrogens (tertiary/aromatic N) is 2. The van der Waals surface area contributed by atoms with Gasteiger partial charge in [-0.25, -0.2) is 10.8 Å². The van der Waals surface area contributed by atoms with Gasteiger partial charge in [0.25, 0.3) is 0 Å². The summed E-state index contributed by atoms with van der Waals surface area (Å²) in [5, 5.41) is 8.70. The number of aromatic nitrogens is 1. The molecule has 5 heteroatoms. The summed E-state index contributed by atoms with van der Waals surface area (Å²) in [5.74, 6) is 5.91. The molecule has 5 nitrogen and oxygen atoms in total. The van der Waals surface area contributed by atoms with Crippen molar-refractivity contribution in [3.05, 3.63) is 17.8 Å². The summed E-state index contributed by atoms with van der Waals surface area (Å²) in [7, 11) is 1.48. The van der Waals surface area contributed by atoms with Crippen molar-refractivity contribution in [2.24, 2.45) is 5.84 Å². The molecule has 0 radical (unpaired) electrons. The number of nitrogens with two attached hydrogens (primary N) is 1. The van der Waals surface area contributed by atoms with E-state index in [4.69, 9.17) is 15.8 Å². The van der Waals surface area contributed by atoms with E-state index in [9.17, 15) is 0 Å². The Morgan fingerprint density at radius 3 is 3.00 bits per heavy atom. The van der Waals surface area contributed by atoms with Gasteiger partial charge in [-0.1, -0.05) is 0 Å². The Bertz CT molecular complexity index is 295. The zero-order valence-corrected chi connectivity index (χ0v) is 6.53. The Kier molecular flexibility index (Phi) is 2.46.